The van der Waals surface area contributed by atoms with Crippen molar-refractivity contribution < 1.29 is 68.0 Å². The number of cyclic esters (lactones) is 1. The summed E-state index contributed by atoms with van der Waals surface area (Å²) in [5.74, 6) is -3.52. The lowest BCUT2D eigenvalue weighted by atomic mass is 9.79. The van der Waals surface area contributed by atoms with E-state index in [1.807, 2.05) is 19.9 Å². The Morgan fingerprint density at radius 3 is 2.26 bits per heavy atom. The summed E-state index contributed by atoms with van der Waals surface area (Å²) in [6.45, 7) is 10.9. The van der Waals surface area contributed by atoms with Crippen LogP contribution in [0.25, 0.3) is 0 Å². The second-order valence-corrected chi connectivity index (χ2v) is 17.3. The molecular formula is C42H69N4O14P. The molecule has 18 atom stereocenters. The lowest BCUT2D eigenvalue weighted by Gasteiger charge is -2.47. The summed E-state index contributed by atoms with van der Waals surface area (Å²) in [7, 11) is 7.10. The molecule has 0 saturated carbocycles. The van der Waals surface area contributed by atoms with Gasteiger partial charge >= 0.3 is 5.97 Å². The molecule has 18 nitrogen and oxygen atoms in total. The van der Waals surface area contributed by atoms with Gasteiger partial charge in [-0.15, -0.1) is 5.10 Å². The summed E-state index contributed by atoms with van der Waals surface area (Å²) in [5, 5.41) is 53.4. The molecule has 346 valence electrons. The quantitative estimate of drug-likeness (QED) is 0.118. The van der Waals surface area contributed by atoms with E-state index in [9.17, 15) is 34.8 Å². The molecule has 0 spiro atoms. The van der Waals surface area contributed by atoms with Gasteiger partial charge in [0, 0.05) is 51.4 Å². The van der Waals surface area contributed by atoms with Crippen molar-refractivity contribution in [2.75, 3.05) is 34.4 Å². The standard InChI is InChI=1S/C42H69N4O14P/c1-10-32-28(21-56-42-40(55-9)39(54-8)36(52)26(6)58-42)17-22(2)11-12-30(48)23(3)18-27(14-16-47)38(24(4)31(49)19-33(50)59-32)60-41-37(53)34(35(51)25(5)57-41)45(7)15-13-29-20-46(61)44-43-29/h11-12,16-17,20,23-28,31-32,34-42,49,51-53H,10,13-15,18-19,21,61H2,1-9H3/b12-11+,22-17+/t23-,24+,25?,26?,27+,28-,31-,32-,34?,35?,36?,37?,38-,39?,40?,41?,42?/m1/s1. The Bertz CT molecular complexity index is 1620. The second kappa shape index (κ2) is 23.9. The van der Waals surface area contributed by atoms with Gasteiger partial charge in [0.25, 0.3) is 0 Å². The highest BCUT2D eigenvalue weighted by atomic mass is 31.0. The average molecular weight is 885 g/mol. The van der Waals surface area contributed by atoms with Crippen molar-refractivity contribution in [1.29, 1.82) is 0 Å². The van der Waals surface area contributed by atoms with Crippen LogP contribution in [0.2, 0.25) is 0 Å². The number of likely N-dealkylation sites (N-methyl/N-ethyl adjacent to an activating group) is 1. The molecule has 0 amide bonds. The second-order valence-electron chi connectivity index (χ2n) is 16.8. The summed E-state index contributed by atoms with van der Waals surface area (Å²) >= 11 is 0. The number of hydrogen-bond donors (Lipinski definition) is 4. The topological polar surface area (TPSA) is 231 Å². The van der Waals surface area contributed by atoms with E-state index in [2.05, 4.69) is 19.7 Å². The van der Waals surface area contributed by atoms with Crippen molar-refractivity contribution in [2.24, 2.45) is 23.7 Å². The van der Waals surface area contributed by atoms with Gasteiger partial charge in [0.2, 0.25) is 0 Å². The van der Waals surface area contributed by atoms with Gasteiger partial charge in [-0.25, -0.2) is 4.45 Å². The van der Waals surface area contributed by atoms with E-state index in [4.69, 9.17) is 33.2 Å². The summed E-state index contributed by atoms with van der Waals surface area (Å²) in [6.07, 6.45) is -3.67. The van der Waals surface area contributed by atoms with Crippen molar-refractivity contribution >= 4 is 27.4 Å². The molecule has 2 fully saturated rings. The minimum atomic E-state index is -1.38. The van der Waals surface area contributed by atoms with E-state index in [1.54, 1.807) is 51.9 Å². The maximum absolute atomic E-state index is 13.7. The zero-order chi connectivity index (χ0) is 45.1. The molecule has 4 rings (SSSR count). The monoisotopic (exact) mass is 884 g/mol. The van der Waals surface area contributed by atoms with Crippen molar-refractivity contribution in [1.82, 2.24) is 19.7 Å². The lowest BCUT2D eigenvalue weighted by Crippen LogP contribution is -2.64. The first-order valence-corrected chi connectivity index (χ1v) is 21.7. The Hall–Kier alpha value is -2.58. The van der Waals surface area contributed by atoms with Crippen LogP contribution in [0, 0.1) is 23.7 Å². The highest BCUT2D eigenvalue weighted by Gasteiger charge is 2.48. The molecule has 4 N–H and O–H groups in total. The molecule has 3 aliphatic heterocycles. The zero-order valence-corrected chi connectivity index (χ0v) is 38.0. The van der Waals surface area contributed by atoms with Crippen molar-refractivity contribution in [2.45, 2.75) is 153 Å². The van der Waals surface area contributed by atoms with Crippen LogP contribution in [0.4, 0.5) is 0 Å². The molecule has 2 saturated heterocycles. The van der Waals surface area contributed by atoms with E-state index in [0.717, 1.165) is 6.29 Å². The van der Waals surface area contributed by atoms with Crippen molar-refractivity contribution in [3.8, 4) is 0 Å². The van der Waals surface area contributed by atoms with E-state index >= 15 is 0 Å². The number of allylic oxidation sites excluding steroid dienone is 3. The SMILES string of the molecule is CC[C@H]1OC(=O)C[C@@H](O)[C@H](C)[C@@H](OC2OC(C)C(O)C(N(C)CCc3cn(P)nn3)C2O)[C@@H](CC=O)C[C@@H](C)C(=O)/C=C/C(C)=C/[C@@H]1COC1OC(C)C(O)C(OC)C1OC. The molecule has 0 aliphatic carbocycles. The average Bonchev–Trinajstić information content (AvgIpc) is 3.65. The van der Waals surface area contributed by atoms with Crippen LogP contribution in [-0.4, -0.2) is 172 Å². The van der Waals surface area contributed by atoms with Gasteiger partial charge in [-0.3, -0.25) is 14.5 Å². The first-order chi connectivity index (χ1) is 28.9. The van der Waals surface area contributed by atoms with E-state index in [1.165, 1.54) is 24.7 Å². The minimum absolute atomic E-state index is 0.000132. The van der Waals surface area contributed by atoms with Crippen LogP contribution in [0.5, 0.6) is 0 Å². The molecule has 4 heterocycles. The van der Waals surface area contributed by atoms with Crippen LogP contribution in [0.3, 0.4) is 0 Å². The highest BCUT2D eigenvalue weighted by Crippen LogP contribution is 2.35. The Labute approximate surface area is 361 Å². The highest BCUT2D eigenvalue weighted by molar-refractivity contribution is 7.14. The number of methoxy groups -OCH3 is 2. The smallest absolute Gasteiger partial charge is 0.308 e. The van der Waals surface area contributed by atoms with Gasteiger partial charge in [-0.1, -0.05) is 43.7 Å². The van der Waals surface area contributed by atoms with Crippen LogP contribution in [0.15, 0.2) is 30.0 Å². The van der Waals surface area contributed by atoms with Gasteiger partial charge in [0.05, 0.1) is 61.5 Å². The Kier molecular flexibility index (Phi) is 20.0. The summed E-state index contributed by atoms with van der Waals surface area (Å²) in [6, 6.07) is -0.836. The fraction of sp³-hybridized carbons (Fsp3) is 0.786. The maximum atomic E-state index is 13.7. The third kappa shape index (κ3) is 13.5. The number of esters is 1. The van der Waals surface area contributed by atoms with Crippen LogP contribution >= 0.6 is 9.39 Å². The predicted molar refractivity (Wildman–Crippen MR) is 224 cm³/mol. The molecule has 3 aliphatic rings. The van der Waals surface area contributed by atoms with Crippen molar-refractivity contribution in [3.63, 3.8) is 0 Å². The third-order valence-corrected chi connectivity index (χ3v) is 12.6. The number of carbonyl (C=O) groups is 3. The fourth-order valence-corrected chi connectivity index (χ4v) is 8.76. The van der Waals surface area contributed by atoms with Crippen molar-refractivity contribution in [3.05, 3.63) is 35.7 Å². The number of aliphatic hydroxyl groups is 4. The number of ketones is 1. The normalized spacial score (nSPS) is 40.0. The molecular weight excluding hydrogens is 815 g/mol. The maximum Gasteiger partial charge on any atom is 0.308 e. The molecule has 0 aromatic carbocycles. The zero-order valence-electron chi connectivity index (χ0n) is 36.9. The first-order valence-electron chi connectivity index (χ1n) is 21.2. The predicted octanol–water partition coefficient (Wildman–Crippen LogP) is 1.41. The van der Waals surface area contributed by atoms with Gasteiger partial charge in [0.1, 0.15) is 36.8 Å². The number of aliphatic hydroxyl groups excluding tert-OH is 4. The number of ether oxygens (including phenoxy) is 7. The third-order valence-electron chi connectivity index (χ3n) is 12.3. The van der Waals surface area contributed by atoms with Gasteiger partial charge in [-0.05, 0) is 62.0 Å². The number of rotatable bonds is 14. The molecule has 1 aromatic heterocycles. The summed E-state index contributed by atoms with van der Waals surface area (Å²) in [4.78, 5) is 41.4. The van der Waals surface area contributed by atoms with Crippen LogP contribution < -0.4 is 0 Å². The lowest BCUT2D eigenvalue weighted by molar-refractivity contribution is -0.305. The van der Waals surface area contributed by atoms with E-state index < -0.39 is 116 Å². The number of aromatic nitrogens is 3. The number of aldehydes is 1. The Morgan fingerprint density at radius 2 is 1.64 bits per heavy atom. The minimum Gasteiger partial charge on any atom is -0.462 e. The van der Waals surface area contributed by atoms with E-state index in [-0.39, 0.29) is 25.2 Å². The van der Waals surface area contributed by atoms with Crippen LogP contribution in [0.1, 0.15) is 72.9 Å². The number of hydrogen-bond acceptors (Lipinski definition) is 17. The summed E-state index contributed by atoms with van der Waals surface area (Å²) < 4.78 is 43.5. The van der Waals surface area contributed by atoms with E-state index in [0.29, 0.717) is 30.7 Å². The van der Waals surface area contributed by atoms with Gasteiger partial charge in [0.15, 0.2) is 18.4 Å². The number of nitrogens with zero attached hydrogens (tertiary/aromatic N) is 4. The Balaban J connectivity index is 1.61. The van der Waals surface area contributed by atoms with Gasteiger partial charge in [-0.2, -0.15) is 0 Å². The fourth-order valence-electron chi connectivity index (χ4n) is 8.54. The molecule has 0 radical (unpaired) electrons. The molecule has 61 heavy (non-hydrogen) atoms. The molecule has 11 unspecified atom stereocenters. The number of carbonyl (C=O) groups excluding carboxylic acids is 3. The van der Waals surface area contributed by atoms with Gasteiger partial charge < -0.3 is 58.4 Å². The van der Waals surface area contributed by atoms with Crippen LogP contribution in [-0.2, 0) is 54.0 Å². The summed E-state index contributed by atoms with van der Waals surface area (Å²) in [5.41, 5.74) is 1.41. The Morgan fingerprint density at radius 1 is 0.967 bits per heavy atom. The first kappa shape index (κ1) is 51.1. The molecule has 19 heteroatoms. The largest absolute Gasteiger partial charge is 0.462 e. The molecule has 1 aromatic rings. The molecule has 0 bridgehead atoms.